The Hall–Kier alpha value is -0.480. The van der Waals surface area contributed by atoms with Crippen molar-refractivity contribution in [1.29, 1.82) is 0 Å². The van der Waals surface area contributed by atoms with E-state index in [1.165, 1.54) is 6.42 Å². The first-order valence-electron chi connectivity index (χ1n) is 3.90. The lowest BCUT2D eigenvalue weighted by Gasteiger charge is -2.04. The third-order valence-electron chi connectivity index (χ3n) is 1.21. The zero-order chi connectivity index (χ0) is 7.82. The van der Waals surface area contributed by atoms with E-state index in [1.54, 1.807) is 0 Å². The van der Waals surface area contributed by atoms with Crippen molar-refractivity contribution >= 4 is 0 Å². The Balaban J connectivity index is 2.96. The number of nitrogens with one attached hydrogen (secondary N) is 1. The van der Waals surface area contributed by atoms with Crippen molar-refractivity contribution < 1.29 is 0 Å². The Bertz CT molecular complexity index is 116. The van der Waals surface area contributed by atoms with E-state index < -0.39 is 0 Å². The van der Waals surface area contributed by atoms with Crippen LogP contribution in [0.25, 0.3) is 0 Å². The summed E-state index contributed by atoms with van der Waals surface area (Å²) >= 11 is 0. The molecule has 0 fully saturated rings. The van der Waals surface area contributed by atoms with Crippen molar-refractivity contribution in [3.05, 3.63) is 0 Å². The Morgan fingerprint density at radius 2 is 2.10 bits per heavy atom. The molecule has 0 saturated heterocycles. The van der Waals surface area contributed by atoms with E-state index in [4.69, 9.17) is 0 Å². The zero-order valence-corrected chi connectivity index (χ0v) is 7.20. The van der Waals surface area contributed by atoms with E-state index in [0.717, 1.165) is 13.0 Å². The van der Waals surface area contributed by atoms with Crippen LogP contribution in [0.3, 0.4) is 0 Å². The van der Waals surface area contributed by atoms with Crippen LogP contribution in [0.5, 0.6) is 0 Å². The average molecular weight is 139 g/mol. The molecule has 1 nitrogen and oxygen atoms in total. The fourth-order valence-electron chi connectivity index (χ4n) is 0.693. The van der Waals surface area contributed by atoms with E-state index in [9.17, 15) is 0 Å². The maximum Gasteiger partial charge on any atom is 0.0101 e. The third kappa shape index (κ3) is 7.52. The molecule has 1 heteroatoms. The molecule has 0 radical (unpaired) electrons. The standard InChI is InChI=1S/C9H17N/c1-4-5-6-7-8-10-9(2)3/h9-10H,6-8H2,1-3H3. The summed E-state index contributed by atoms with van der Waals surface area (Å²) in [6.07, 6.45) is 2.19. The molecule has 0 heterocycles. The monoisotopic (exact) mass is 139 g/mol. The quantitative estimate of drug-likeness (QED) is 0.462. The number of hydrogen-bond acceptors (Lipinski definition) is 1. The molecule has 0 rings (SSSR count). The van der Waals surface area contributed by atoms with Crippen LogP contribution in [-0.2, 0) is 0 Å². The fraction of sp³-hybridized carbons (Fsp3) is 0.778. The predicted molar refractivity (Wildman–Crippen MR) is 45.8 cm³/mol. The van der Waals surface area contributed by atoms with E-state index in [1.807, 2.05) is 6.92 Å². The van der Waals surface area contributed by atoms with Crippen LogP contribution in [0.15, 0.2) is 0 Å². The lowest BCUT2D eigenvalue weighted by molar-refractivity contribution is 0.575. The van der Waals surface area contributed by atoms with Gasteiger partial charge < -0.3 is 5.32 Å². The first kappa shape index (κ1) is 9.52. The number of unbranched alkanes of at least 4 members (excludes halogenated alkanes) is 1. The molecule has 0 spiro atoms. The molecule has 0 aromatic rings. The van der Waals surface area contributed by atoms with Crippen LogP contribution in [0.2, 0.25) is 0 Å². The summed E-state index contributed by atoms with van der Waals surface area (Å²) in [6.45, 7) is 7.29. The van der Waals surface area contributed by atoms with Crippen LogP contribution in [0.4, 0.5) is 0 Å². The highest BCUT2D eigenvalue weighted by Crippen LogP contribution is 1.85. The highest BCUT2D eigenvalue weighted by Gasteiger charge is 1.88. The van der Waals surface area contributed by atoms with Crippen molar-refractivity contribution in [3.63, 3.8) is 0 Å². The van der Waals surface area contributed by atoms with Crippen LogP contribution in [0.1, 0.15) is 33.6 Å². The highest BCUT2D eigenvalue weighted by molar-refractivity contribution is 4.94. The molecule has 0 atom stereocenters. The second-order valence-corrected chi connectivity index (χ2v) is 2.64. The van der Waals surface area contributed by atoms with Crippen LogP contribution < -0.4 is 5.32 Å². The molecular weight excluding hydrogens is 122 g/mol. The van der Waals surface area contributed by atoms with Crippen molar-refractivity contribution in [2.45, 2.75) is 39.7 Å². The summed E-state index contributed by atoms with van der Waals surface area (Å²) in [7, 11) is 0. The average Bonchev–Trinajstić information content (AvgIpc) is 1.87. The lowest BCUT2D eigenvalue weighted by atomic mass is 10.3. The van der Waals surface area contributed by atoms with Gasteiger partial charge in [0.15, 0.2) is 0 Å². The van der Waals surface area contributed by atoms with Gasteiger partial charge in [-0.1, -0.05) is 13.8 Å². The molecule has 10 heavy (non-hydrogen) atoms. The van der Waals surface area contributed by atoms with E-state index >= 15 is 0 Å². The summed E-state index contributed by atoms with van der Waals surface area (Å²) in [5.74, 6) is 5.91. The maximum absolute atomic E-state index is 3.34. The van der Waals surface area contributed by atoms with Gasteiger partial charge in [0.25, 0.3) is 0 Å². The van der Waals surface area contributed by atoms with E-state index in [0.29, 0.717) is 6.04 Å². The molecule has 0 aliphatic rings. The predicted octanol–water partition coefficient (Wildman–Crippen LogP) is 1.79. The topological polar surface area (TPSA) is 12.0 Å². The minimum atomic E-state index is 0.606. The van der Waals surface area contributed by atoms with Gasteiger partial charge in [0.2, 0.25) is 0 Å². The van der Waals surface area contributed by atoms with Crippen LogP contribution >= 0.6 is 0 Å². The largest absolute Gasteiger partial charge is 0.314 e. The third-order valence-corrected chi connectivity index (χ3v) is 1.21. The lowest BCUT2D eigenvalue weighted by Crippen LogP contribution is -2.23. The van der Waals surface area contributed by atoms with Gasteiger partial charge in [-0.2, -0.15) is 0 Å². The molecule has 0 amide bonds. The highest BCUT2D eigenvalue weighted by atomic mass is 14.9. The Kier molecular flexibility index (Phi) is 6.32. The molecule has 0 saturated carbocycles. The van der Waals surface area contributed by atoms with Gasteiger partial charge in [0.05, 0.1) is 0 Å². The second-order valence-electron chi connectivity index (χ2n) is 2.64. The van der Waals surface area contributed by atoms with Crippen molar-refractivity contribution in [2.75, 3.05) is 6.54 Å². The summed E-state index contributed by atoms with van der Waals surface area (Å²) in [4.78, 5) is 0. The van der Waals surface area contributed by atoms with Gasteiger partial charge in [0, 0.05) is 12.5 Å². The molecule has 58 valence electrons. The minimum Gasteiger partial charge on any atom is -0.314 e. The van der Waals surface area contributed by atoms with Gasteiger partial charge in [0.1, 0.15) is 0 Å². The summed E-state index contributed by atoms with van der Waals surface area (Å²) in [6, 6.07) is 0.606. The summed E-state index contributed by atoms with van der Waals surface area (Å²) in [5.41, 5.74) is 0. The smallest absolute Gasteiger partial charge is 0.0101 e. The van der Waals surface area contributed by atoms with Gasteiger partial charge >= 0.3 is 0 Å². The van der Waals surface area contributed by atoms with Crippen molar-refractivity contribution in [3.8, 4) is 11.8 Å². The number of rotatable bonds is 4. The maximum atomic E-state index is 3.34. The molecule has 0 aliphatic carbocycles. The molecular formula is C9H17N. The number of hydrogen-bond donors (Lipinski definition) is 1. The van der Waals surface area contributed by atoms with Crippen molar-refractivity contribution in [2.24, 2.45) is 0 Å². The van der Waals surface area contributed by atoms with Gasteiger partial charge in [-0.3, -0.25) is 0 Å². The van der Waals surface area contributed by atoms with E-state index in [-0.39, 0.29) is 0 Å². The van der Waals surface area contributed by atoms with Gasteiger partial charge in [-0.15, -0.1) is 11.8 Å². The SMILES string of the molecule is CC#CCCCNC(C)C. The second kappa shape index (κ2) is 6.64. The molecule has 1 N–H and O–H groups in total. The normalized spacial score (nSPS) is 9.20. The Labute approximate surface area is 64.2 Å². The summed E-state index contributed by atoms with van der Waals surface area (Å²) in [5, 5.41) is 3.34. The molecule has 0 unspecified atom stereocenters. The molecule has 0 bridgehead atoms. The molecule has 0 aromatic carbocycles. The first-order valence-corrected chi connectivity index (χ1v) is 3.90. The van der Waals surface area contributed by atoms with Crippen LogP contribution in [0, 0.1) is 11.8 Å². The Morgan fingerprint density at radius 1 is 1.40 bits per heavy atom. The van der Waals surface area contributed by atoms with Gasteiger partial charge in [-0.25, -0.2) is 0 Å². The summed E-state index contributed by atoms with van der Waals surface area (Å²) < 4.78 is 0. The Morgan fingerprint density at radius 3 is 2.60 bits per heavy atom. The molecule has 0 aromatic heterocycles. The van der Waals surface area contributed by atoms with Crippen molar-refractivity contribution in [1.82, 2.24) is 5.32 Å². The minimum absolute atomic E-state index is 0.606. The van der Waals surface area contributed by atoms with Gasteiger partial charge in [-0.05, 0) is 19.9 Å². The molecule has 0 aliphatic heterocycles. The fourth-order valence-corrected chi connectivity index (χ4v) is 0.693. The first-order chi connectivity index (χ1) is 4.77. The zero-order valence-electron chi connectivity index (χ0n) is 7.20. The van der Waals surface area contributed by atoms with Crippen LogP contribution in [-0.4, -0.2) is 12.6 Å². The van der Waals surface area contributed by atoms with E-state index in [2.05, 4.69) is 31.0 Å².